The minimum Gasteiger partial charge on any atom is -0.462 e. The van der Waals surface area contributed by atoms with Crippen molar-refractivity contribution in [2.45, 2.75) is 353 Å². The van der Waals surface area contributed by atoms with E-state index in [1.807, 2.05) is 0 Å². The standard InChI is InChI=1S/C60H114O8/c1-4-7-10-13-16-19-22-25-28-31-34-37-40-43-46-49-56(61)65-53-55(68-58(63)51-48-45-42-39-36-33-30-27-24-21-18-15-12-9-6-3)60-59(64)54(52-66-60)67-57(62)50-47-44-41-38-35-32-29-26-23-20-17-14-11-8-5-2/h54-55,59-60,64H,4-53H2,1-3H3. The fraction of sp³-hybridized carbons (Fsp3) is 0.950. The first-order chi connectivity index (χ1) is 33.4. The molecule has 1 fully saturated rings. The van der Waals surface area contributed by atoms with Gasteiger partial charge in [-0.15, -0.1) is 0 Å². The lowest BCUT2D eigenvalue weighted by Gasteiger charge is -2.26. The van der Waals surface area contributed by atoms with E-state index in [9.17, 15) is 19.5 Å². The quantitative estimate of drug-likeness (QED) is 0.0365. The van der Waals surface area contributed by atoms with Crippen molar-refractivity contribution in [3.63, 3.8) is 0 Å². The molecule has 0 saturated carbocycles. The van der Waals surface area contributed by atoms with Crippen LogP contribution in [0.2, 0.25) is 0 Å². The lowest BCUT2D eigenvalue weighted by Crippen LogP contribution is -2.44. The maximum Gasteiger partial charge on any atom is 0.306 e. The van der Waals surface area contributed by atoms with Crippen LogP contribution in [0.25, 0.3) is 0 Å². The fourth-order valence-corrected chi connectivity index (χ4v) is 9.87. The highest BCUT2D eigenvalue weighted by atomic mass is 16.6. The minimum atomic E-state index is -1.18. The molecule has 1 aliphatic heterocycles. The zero-order valence-corrected chi connectivity index (χ0v) is 45.5. The number of carbonyl (C=O) groups excluding carboxylic acids is 3. The Bertz CT molecular complexity index is 1100. The summed E-state index contributed by atoms with van der Waals surface area (Å²) in [5.74, 6) is -1.06. The summed E-state index contributed by atoms with van der Waals surface area (Å²) in [7, 11) is 0. The van der Waals surface area contributed by atoms with Gasteiger partial charge in [-0.2, -0.15) is 0 Å². The van der Waals surface area contributed by atoms with Crippen LogP contribution in [0.15, 0.2) is 0 Å². The first kappa shape index (κ1) is 64.3. The number of unbranched alkanes of at least 4 members (excludes halogenated alkanes) is 42. The summed E-state index contributed by atoms with van der Waals surface area (Å²) in [6.07, 6.45) is 53.6. The first-order valence-electron chi connectivity index (χ1n) is 30.3. The second-order valence-electron chi connectivity index (χ2n) is 21.1. The molecule has 1 saturated heterocycles. The molecular weight excluding hydrogens is 849 g/mol. The van der Waals surface area contributed by atoms with Crippen molar-refractivity contribution in [3.8, 4) is 0 Å². The second-order valence-corrected chi connectivity index (χ2v) is 21.1. The van der Waals surface area contributed by atoms with Gasteiger partial charge in [0.25, 0.3) is 0 Å². The molecule has 8 heteroatoms. The lowest BCUT2D eigenvalue weighted by molar-refractivity contribution is -0.171. The van der Waals surface area contributed by atoms with E-state index in [4.69, 9.17) is 18.9 Å². The van der Waals surface area contributed by atoms with E-state index in [0.717, 1.165) is 57.8 Å². The highest BCUT2D eigenvalue weighted by molar-refractivity contribution is 5.70. The van der Waals surface area contributed by atoms with Crippen molar-refractivity contribution in [2.75, 3.05) is 13.2 Å². The smallest absolute Gasteiger partial charge is 0.306 e. The molecule has 0 aromatic heterocycles. The highest BCUT2D eigenvalue weighted by Crippen LogP contribution is 2.25. The number of carbonyl (C=O) groups is 3. The van der Waals surface area contributed by atoms with Gasteiger partial charge in [-0.1, -0.05) is 290 Å². The van der Waals surface area contributed by atoms with Crippen molar-refractivity contribution >= 4 is 17.9 Å². The molecule has 0 amide bonds. The first-order valence-corrected chi connectivity index (χ1v) is 30.3. The van der Waals surface area contributed by atoms with E-state index in [-0.39, 0.29) is 37.5 Å². The normalized spacial score (nSPS) is 16.3. The largest absolute Gasteiger partial charge is 0.462 e. The van der Waals surface area contributed by atoms with Crippen molar-refractivity contribution in [2.24, 2.45) is 0 Å². The maximum absolute atomic E-state index is 13.1. The summed E-state index contributed by atoms with van der Waals surface area (Å²) in [5, 5.41) is 11.3. The Kier molecular flexibility index (Phi) is 47.6. The third-order valence-corrected chi connectivity index (χ3v) is 14.5. The van der Waals surface area contributed by atoms with Gasteiger partial charge in [-0.05, 0) is 19.3 Å². The molecule has 0 aromatic rings. The highest BCUT2D eigenvalue weighted by Gasteiger charge is 2.45. The Morgan fingerprint density at radius 2 is 0.662 bits per heavy atom. The van der Waals surface area contributed by atoms with Crippen LogP contribution in [0.4, 0.5) is 0 Å². The maximum atomic E-state index is 13.1. The topological polar surface area (TPSA) is 108 Å². The van der Waals surface area contributed by atoms with Crippen LogP contribution in [-0.4, -0.2) is 60.6 Å². The third-order valence-electron chi connectivity index (χ3n) is 14.5. The van der Waals surface area contributed by atoms with Crippen molar-refractivity contribution in [1.29, 1.82) is 0 Å². The molecular formula is C60H114O8. The number of rotatable bonds is 53. The summed E-state index contributed by atoms with van der Waals surface area (Å²) in [5.41, 5.74) is 0. The predicted molar refractivity (Wildman–Crippen MR) is 285 cm³/mol. The third kappa shape index (κ3) is 41.0. The van der Waals surface area contributed by atoms with E-state index in [1.165, 1.54) is 231 Å². The molecule has 4 atom stereocenters. The number of aliphatic hydroxyl groups excluding tert-OH is 1. The van der Waals surface area contributed by atoms with Crippen LogP contribution in [0.5, 0.6) is 0 Å². The van der Waals surface area contributed by atoms with Gasteiger partial charge in [0.15, 0.2) is 12.2 Å². The number of ether oxygens (including phenoxy) is 4. The molecule has 4 unspecified atom stereocenters. The summed E-state index contributed by atoms with van der Waals surface area (Å²) in [4.78, 5) is 38.8. The molecule has 1 heterocycles. The Balaban J connectivity index is 2.39. The van der Waals surface area contributed by atoms with Gasteiger partial charge < -0.3 is 24.1 Å². The fourth-order valence-electron chi connectivity index (χ4n) is 9.87. The Labute approximate surface area is 421 Å². The molecule has 8 nitrogen and oxygen atoms in total. The van der Waals surface area contributed by atoms with Crippen LogP contribution >= 0.6 is 0 Å². The molecule has 0 radical (unpaired) electrons. The number of aliphatic hydroxyl groups is 1. The number of hydrogen-bond donors (Lipinski definition) is 1. The molecule has 68 heavy (non-hydrogen) atoms. The molecule has 0 aliphatic carbocycles. The van der Waals surface area contributed by atoms with Gasteiger partial charge in [-0.3, -0.25) is 14.4 Å². The predicted octanol–water partition coefficient (Wildman–Crippen LogP) is 17.9. The van der Waals surface area contributed by atoms with Crippen LogP contribution in [-0.2, 0) is 33.3 Å². The zero-order valence-electron chi connectivity index (χ0n) is 45.5. The molecule has 1 N–H and O–H groups in total. The number of esters is 3. The van der Waals surface area contributed by atoms with E-state index in [1.54, 1.807) is 0 Å². The van der Waals surface area contributed by atoms with Crippen molar-refractivity contribution in [1.82, 2.24) is 0 Å². The van der Waals surface area contributed by atoms with Crippen molar-refractivity contribution < 1.29 is 38.4 Å². The summed E-state index contributed by atoms with van der Waals surface area (Å²) in [6.45, 7) is 6.63. The van der Waals surface area contributed by atoms with E-state index in [0.29, 0.717) is 12.8 Å². The lowest BCUT2D eigenvalue weighted by atomic mass is 10.0. The Morgan fingerprint density at radius 1 is 0.397 bits per heavy atom. The van der Waals surface area contributed by atoms with Gasteiger partial charge >= 0.3 is 17.9 Å². The van der Waals surface area contributed by atoms with E-state index < -0.39 is 24.4 Å². The SMILES string of the molecule is CCCCCCCCCCCCCCCCCC(=O)OCC(OC(=O)CCCCCCCCCCCCCCCCC)C1OCC(OC(=O)CCCCCCCCCCCCCCCCC)C1O. The Morgan fingerprint density at radius 3 is 0.971 bits per heavy atom. The molecule has 0 bridgehead atoms. The van der Waals surface area contributed by atoms with E-state index >= 15 is 0 Å². The van der Waals surface area contributed by atoms with Crippen LogP contribution < -0.4 is 0 Å². The number of hydrogen-bond acceptors (Lipinski definition) is 8. The van der Waals surface area contributed by atoms with Crippen LogP contribution in [0.3, 0.4) is 0 Å². The molecule has 402 valence electrons. The average molecular weight is 964 g/mol. The summed E-state index contributed by atoms with van der Waals surface area (Å²) >= 11 is 0. The van der Waals surface area contributed by atoms with Gasteiger partial charge in [0.05, 0.1) is 6.61 Å². The van der Waals surface area contributed by atoms with E-state index in [2.05, 4.69) is 20.8 Å². The Hall–Kier alpha value is -1.67. The molecule has 0 spiro atoms. The molecule has 1 rings (SSSR count). The summed E-state index contributed by atoms with van der Waals surface area (Å²) < 4.78 is 23.2. The van der Waals surface area contributed by atoms with Gasteiger partial charge in [0.2, 0.25) is 0 Å². The molecule has 0 aromatic carbocycles. The van der Waals surface area contributed by atoms with Gasteiger partial charge in [0.1, 0.15) is 18.8 Å². The average Bonchev–Trinajstić information content (AvgIpc) is 3.69. The van der Waals surface area contributed by atoms with Crippen LogP contribution in [0, 0.1) is 0 Å². The van der Waals surface area contributed by atoms with Crippen LogP contribution in [0.1, 0.15) is 329 Å². The monoisotopic (exact) mass is 963 g/mol. The van der Waals surface area contributed by atoms with Crippen molar-refractivity contribution in [3.05, 3.63) is 0 Å². The van der Waals surface area contributed by atoms with Gasteiger partial charge in [-0.25, -0.2) is 0 Å². The zero-order chi connectivity index (χ0) is 49.2. The second kappa shape index (κ2) is 50.3. The summed E-state index contributed by atoms with van der Waals surface area (Å²) in [6, 6.07) is 0. The minimum absolute atomic E-state index is 0.0105. The molecule has 1 aliphatic rings. The van der Waals surface area contributed by atoms with Gasteiger partial charge in [0, 0.05) is 19.3 Å².